The summed E-state index contributed by atoms with van der Waals surface area (Å²) in [5, 5.41) is 9.60. The van der Waals surface area contributed by atoms with Crippen LogP contribution in [0.4, 0.5) is 34.1 Å². The number of hydrogen-bond donors (Lipinski definition) is 0. The lowest BCUT2D eigenvalue weighted by Crippen LogP contribution is -2.13. The van der Waals surface area contributed by atoms with Crippen LogP contribution in [0.3, 0.4) is 0 Å². The van der Waals surface area contributed by atoms with Crippen LogP contribution in [0.5, 0.6) is 0 Å². The summed E-state index contributed by atoms with van der Waals surface area (Å²) in [5.74, 6) is 0. The highest BCUT2D eigenvalue weighted by molar-refractivity contribution is 7.25. The molecule has 0 aliphatic rings. The van der Waals surface area contributed by atoms with Gasteiger partial charge in [-0.25, -0.2) is 0 Å². The Hall–Kier alpha value is -6.88. The molecule has 0 atom stereocenters. The van der Waals surface area contributed by atoms with Gasteiger partial charge in [0.25, 0.3) is 0 Å². The maximum atomic E-state index is 6.29. The Bertz CT molecular complexity index is 3140. The van der Waals surface area contributed by atoms with Crippen LogP contribution in [0.25, 0.3) is 63.7 Å². The van der Waals surface area contributed by atoms with Crippen LogP contribution < -0.4 is 9.80 Å². The molecule has 0 radical (unpaired) electrons. The third-order valence-corrected chi connectivity index (χ3v) is 11.7. The van der Waals surface area contributed by atoms with Crippen molar-refractivity contribution in [3.63, 3.8) is 0 Å². The fourth-order valence-corrected chi connectivity index (χ4v) is 9.16. The first kappa shape index (κ1) is 30.7. The molecule has 0 saturated heterocycles. The number of anilines is 6. The van der Waals surface area contributed by atoms with E-state index in [1.165, 1.54) is 36.3 Å². The Labute approximate surface area is 316 Å². The molecular weight excluding hydrogens is 677 g/mol. The summed E-state index contributed by atoms with van der Waals surface area (Å²) in [6.45, 7) is 0. The van der Waals surface area contributed by atoms with Crippen molar-refractivity contribution in [2.45, 2.75) is 0 Å². The van der Waals surface area contributed by atoms with Crippen LogP contribution in [-0.2, 0) is 0 Å². The number of para-hydroxylation sites is 3. The van der Waals surface area contributed by atoms with E-state index in [2.05, 4.69) is 192 Å². The standard InChI is InChI=1S/C50H32N2OS/c1-3-12-35(13-4-1)51(36-14-5-2-6-15-36)37-16-11-17-38(29-37)52(40-26-27-50-46(31-40)42-19-8-10-21-49(42)54-50)39-25-24-33-22-23-34-28-48-45(32-44(34)43(33)30-39)41-18-7-9-20-47(41)53-48/h1-32H. The largest absolute Gasteiger partial charge is 0.456 e. The number of nitrogens with zero attached hydrogens (tertiary/aromatic N) is 2. The van der Waals surface area contributed by atoms with E-state index in [-0.39, 0.29) is 0 Å². The second kappa shape index (κ2) is 12.4. The molecular formula is C50H32N2OS. The molecule has 0 fully saturated rings. The quantitative estimate of drug-likeness (QED) is 0.160. The molecule has 0 saturated carbocycles. The summed E-state index contributed by atoms with van der Waals surface area (Å²) in [4.78, 5) is 4.74. The van der Waals surface area contributed by atoms with Gasteiger partial charge in [-0.2, -0.15) is 0 Å². The Morgan fingerprint density at radius 3 is 1.61 bits per heavy atom. The minimum absolute atomic E-state index is 0.912. The first-order chi connectivity index (χ1) is 26.7. The summed E-state index contributed by atoms with van der Waals surface area (Å²) in [6, 6.07) is 69.9. The van der Waals surface area contributed by atoms with Gasteiger partial charge in [0.05, 0.1) is 0 Å². The van der Waals surface area contributed by atoms with E-state index in [0.29, 0.717) is 0 Å². The molecule has 0 aliphatic carbocycles. The van der Waals surface area contributed by atoms with Crippen molar-refractivity contribution in [1.29, 1.82) is 0 Å². The Balaban J connectivity index is 1.15. The summed E-state index contributed by atoms with van der Waals surface area (Å²) >= 11 is 1.85. The molecule has 3 nitrogen and oxygen atoms in total. The molecule has 2 aromatic heterocycles. The zero-order valence-electron chi connectivity index (χ0n) is 29.2. The molecule has 4 heteroatoms. The van der Waals surface area contributed by atoms with Crippen LogP contribution >= 0.6 is 11.3 Å². The number of thiophene rings is 1. The van der Waals surface area contributed by atoms with Crippen LogP contribution in [0.2, 0.25) is 0 Å². The molecule has 11 aromatic rings. The lowest BCUT2D eigenvalue weighted by atomic mass is 9.99. The number of hydrogen-bond acceptors (Lipinski definition) is 4. The zero-order chi connectivity index (χ0) is 35.6. The fraction of sp³-hybridized carbons (Fsp3) is 0. The second-order valence-electron chi connectivity index (χ2n) is 13.8. The monoisotopic (exact) mass is 708 g/mol. The topological polar surface area (TPSA) is 19.6 Å². The van der Waals surface area contributed by atoms with Gasteiger partial charge < -0.3 is 14.2 Å². The van der Waals surface area contributed by atoms with E-state index >= 15 is 0 Å². The maximum Gasteiger partial charge on any atom is 0.136 e. The van der Waals surface area contributed by atoms with Gasteiger partial charge in [-0.15, -0.1) is 11.3 Å². The second-order valence-corrected chi connectivity index (χ2v) is 14.9. The van der Waals surface area contributed by atoms with Crippen molar-refractivity contribution < 1.29 is 4.42 Å². The fourth-order valence-electron chi connectivity index (χ4n) is 8.07. The summed E-state index contributed by atoms with van der Waals surface area (Å²) in [6.07, 6.45) is 0. The lowest BCUT2D eigenvalue weighted by Gasteiger charge is -2.29. The van der Waals surface area contributed by atoms with E-state index in [4.69, 9.17) is 4.42 Å². The highest BCUT2D eigenvalue weighted by atomic mass is 32.1. The number of furan rings is 1. The predicted octanol–water partition coefficient (Wildman–Crippen LogP) is 15.2. The van der Waals surface area contributed by atoms with Gasteiger partial charge in [0, 0.05) is 65.1 Å². The predicted molar refractivity (Wildman–Crippen MR) is 231 cm³/mol. The van der Waals surface area contributed by atoms with Crippen molar-refractivity contribution in [2.75, 3.05) is 9.80 Å². The Morgan fingerprint density at radius 2 is 0.833 bits per heavy atom. The molecule has 54 heavy (non-hydrogen) atoms. The normalized spacial score (nSPS) is 11.7. The first-order valence-corrected chi connectivity index (χ1v) is 19.1. The molecule has 254 valence electrons. The Kier molecular flexibility index (Phi) is 7.04. The van der Waals surface area contributed by atoms with Gasteiger partial charge >= 0.3 is 0 Å². The highest BCUT2D eigenvalue weighted by Gasteiger charge is 2.19. The average Bonchev–Trinajstić information content (AvgIpc) is 3.79. The smallest absolute Gasteiger partial charge is 0.136 e. The number of benzene rings is 9. The van der Waals surface area contributed by atoms with Gasteiger partial charge in [-0.3, -0.25) is 0 Å². The molecule has 0 amide bonds. The zero-order valence-corrected chi connectivity index (χ0v) is 30.0. The van der Waals surface area contributed by atoms with Crippen molar-refractivity contribution in [2.24, 2.45) is 0 Å². The summed E-state index contributed by atoms with van der Waals surface area (Å²) in [7, 11) is 0. The first-order valence-electron chi connectivity index (χ1n) is 18.2. The van der Waals surface area contributed by atoms with Crippen LogP contribution in [0.1, 0.15) is 0 Å². The van der Waals surface area contributed by atoms with Gasteiger partial charge in [0.15, 0.2) is 0 Å². The molecule has 0 N–H and O–H groups in total. The summed E-state index contributed by atoms with van der Waals surface area (Å²) in [5.41, 5.74) is 8.39. The van der Waals surface area contributed by atoms with Gasteiger partial charge in [0.1, 0.15) is 11.2 Å². The molecule has 2 heterocycles. The van der Waals surface area contributed by atoms with Crippen LogP contribution in [0.15, 0.2) is 199 Å². The van der Waals surface area contributed by atoms with E-state index < -0.39 is 0 Å². The minimum atomic E-state index is 0.912. The molecule has 0 unspecified atom stereocenters. The van der Waals surface area contributed by atoms with E-state index in [0.717, 1.165) is 61.4 Å². The van der Waals surface area contributed by atoms with E-state index in [1.54, 1.807) is 0 Å². The van der Waals surface area contributed by atoms with E-state index in [1.807, 2.05) is 23.5 Å². The van der Waals surface area contributed by atoms with Crippen molar-refractivity contribution >= 4 is 109 Å². The minimum Gasteiger partial charge on any atom is -0.456 e. The summed E-state index contributed by atoms with van der Waals surface area (Å²) < 4.78 is 8.88. The molecule has 0 spiro atoms. The van der Waals surface area contributed by atoms with Gasteiger partial charge in [-0.05, 0) is 119 Å². The molecule has 0 aliphatic heterocycles. The SMILES string of the molecule is c1ccc(N(c2ccccc2)c2cccc(N(c3ccc4ccc5cc6oc7ccccc7c6cc5c4c3)c3ccc4sc5ccccc5c4c3)c2)cc1. The third-order valence-electron chi connectivity index (χ3n) is 10.6. The van der Waals surface area contributed by atoms with Crippen LogP contribution in [0, 0.1) is 0 Å². The third kappa shape index (κ3) is 5.03. The van der Waals surface area contributed by atoms with Gasteiger partial charge in [-0.1, -0.05) is 97.1 Å². The lowest BCUT2D eigenvalue weighted by molar-refractivity contribution is 0.669. The van der Waals surface area contributed by atoms with Crippen molar-refractivity contribution in [3.05, 3.63) is 194 Å². The highest BCUT2D eigenvalue weighted by Crippen LogP contribution is 2.44. The molecule has 0 bridgehead atoms. The van der Waals surface area contributed by atoms with Crippen molar-refractivity contribution in [1.82, 2.24) is 0 Å². The van der Waals surface area contributed by atoms with E-state index in [9.17, 15) is 0 Å². The molecule has 11 rings (SSSR count). The maximum absolute atomic E-state index is 6.29. The van der Waals surface area contributed by atoms with Gasteiger partial charge in [0.2, 0.25) is 0 Å². The molecule has 9 aromatic carbocycles. The number of fused-ring (bicyclic) bond motifs is 9. The Morgan fingerprint density at radius 1 is 0.296 bits per heavy atom. The number of rotatable bonds is 6. The van der Waals surface area contributed by atoms with Crippen molar-refractivity contribution in [3.8, 4) is 0 Å². The van der Waals surface area contributed by atoms with Crippen LogP contribution in [-0.4, -0.2) is 0 Å². The average molecular weight is 709 g/mol.